The summed E-state index contributed by atoms with van der Waals surface area (Å²) in [5.41, 5.74) is 8.94. The van der Waals surface area contributed by atoms with Crippen LogP contribution in [0.15, 0.2) is 30.3 Å². The SMILES string of the molecule is N=C(N)N.O=[N+]([O-])Oc1ccccc1. The van der Waals surface area contributed by atoms with E-state index >= 15 is 0 Å². The Hall–Kier alpha value is -2.31. The van der Waals surface area contributed by atoms with Crippen LogP contribution in [0, 0.1) is 15.5 Å². The fourth-order valence-corrected chi connectivity index (χ4v) is 0.567. The van der Waals surface area contributed by atoms with Crippen molar-refractivity contribution < 1.29 is 9.92 Å². The van der Waals surface area contributed by atoms with Gasteiger partial charge in [-0.3, -0.25) is 10.2 Å². The second-order valence-corrected chi connectivity index (χ2v) is 2.08. The first-order valence-electron chi connectivity index (χ1n) is 3.49. The maximum Gasteiger partial charge on any atom is 0.299 e. The monoisotopic (exact) mass is 198 g/mol. The highest BCUT2D eigenvalue weighted by atomic mass is 17.0. The first-order chi connectivity index (χ1) is 6.52. The molecule has 0 atom stereocenters. The van der Waals surface area contributed by atoms with Crippen molar-refractivity contribution in [2.75, 3.05) is 0 Å². The Labute approximate surface area is 79.9 Å². The van der Waals surface area contributed by atoms with Gasteiger partial charge in [-0.05, 0) is 12.1 Å². The van der Waals surface area contributed by atoms with Gasteiger partial charge >= 0.3 is 0 Å². The molecule has 1 aromatic carbocycles. The van der Waals surface area contributed by atoms with Gasteiger partial charge in [0, 0.05) is 0 Å². The zero-order chi connectivity index (χ0) is 11.0. The maximum absolute atomic E-state index is 9.75. The lowest BCUT2D eigenvalue weighted by Gasteiger charge is -1.93. The number of nitrogens with one attached hydrogen (secondary N) is 1. The van der Waals surface area contributed by atoms with E-state index in [0.29, 0.717) is 0 Å². The van der Waals surface area contributed by atoms with Gasteiger partial charge < -0.3 is 11.5 Å². The minimum atomic E-state index is -0.838. The molecule has 0 aliphatic carbocycles. The van der Waals surface area contributed by atoms with Gasteiger partial charge in [-0.1, -0.05) is 18.2 Å². The van der Waals surface area contributed by atoms with Crippen LogP contribution in [-0.4, -0.2) is 11.0 Å². The van der Waals surface area contributed by atoms with Gasteiger partial charge in [-0.2, -0.15) is 0 Å². The lowest BCUT2D eigenvalue weighted by atomic mass is 10.3. The molecule has 0 aliphatic rings. The van der Waals surface area contributed by atoms with Crippen LogP contribution in [0.1, 0.15) is 0 Å². The molecule has 76 valence electrons. The Morgan fingerprint density at radius 2 is 1.79 bits per heavy atom. The third-order valence-electron chi connectivity index (χ3n) is 0.923. The minimum Gasteiger partial charge on any atom is -0.370 e. The molecule has 0 saturated carbocycles. The highest BCUT2D eigenvalue weighted by molar-refractivity contribution is 5.71. The number of guanidine groups is 1. The molecule has 0 heterocycles. The van der Waals surface area contributed by atoms with Crippen molar-refractivity contribution in [2.24, 2.45) is 11.5 Å². The zero-order valence-electron chi connectivity index (χ0n) is 7.21. The smallest absolute Gasteiger partial charge is 0.299 e. The van der Waals surface area contributed by atoms with Crippen LogP contribution in [0.4, 0.5) is 0 Å². The standard InChI is InChI=1S/C6H5NO3.CH5N3/c8-7(9)10-6-4-2-1-3-5-6;2-1(3)4/h1-5H;(H5,2,3,4). The number of hydrogen-bond donors (Lipinski definition) is 3. The Kier molecular flexibility index (Phi) is 5.20. The minimum absolute atomic E-state index is 0.243. The lowest BCUT2D eigenvalue weighted by Crippen LogP contribution is -2.20. The molecule has 0 aliphatic heterocycles. The summed E-state index contributed by atoms with van der Waals surface area (Å²) in [6.45, 7) is 0. The maximum atomic E-state index is 9.75. The van der Waals surface area contributed by atoms with Crippen LogP contribution in [0.3, 0.4) is 0 Å². The Balaban J connectivity index is 0.000000364. The quantitative estimate of drug-likeness (QED) is 0.268. The van der Waals surface area contributed by atoms with Gasteiger partial charge in [0.25, 0.3) is 5.09 Å². The molecular weight excluding hydrogens is 188 g/mol. The molecule has 1 aromatic rings. The van der Waals surface area contributed by atoms with Crippen LogP contribution < -0.4 is 16.3 Å². The number of hydrogen-bond acceptors (Lipinski definition) is 4. The lowest BCUT2D eigenvalue weighted by molar-refractivity contribution is -0.711. The molecule has 5 N–H and O–H groups in total. The normalized spacial score (nSPS) is 8.00. The predicted molar refractivity (Wildman–Crippen MR) is 50.2 cm³/mol. The molecular formula is C7H10N4O3. The van der Waals surface area contributed by atoms with Crippen molar-refractivity contribution >= 4 is 5.96 Å². The number of para-hydroxylation sites is 1. The average Bonchev–Trinajstić information content (AvgIpc) is 2.03. The summed E-state index contributed by atoms with van der Waals surface area (Å²) in [6, 6.07) is 8.12. The highest BCUT2D eigenvalue weighted by Gasteiger charge is 1.94. The topological polar surface area (TPSA) is 128 Å². The van der Waals surface area contributed by atoms with Crippen LogP contribution in [-0.2, 0) is 0 Å². The molecule has 0 bridgehead atoms. The van der Waals surface area contributed by atoms with Gasteiger partial charge in [-0.25, -0.2) is 0 Å². The number of nitrogens with zero attached hydrogens (tertiary/aromatic N) is 1. The fourth-order valence-electron chi connectivity index (χ4n) is 0.567. The summed E-state index contributed by atoms with van der Waals surface area (Å²) in [5.74, 6) is -0.0903. The Morgan fingerprint density at radius 3 is 2.14 bits per heavy atom. The van der Waals surface area contributed by atoms with Crippen molar-refractivity contribution in [3.8, 4) is 5.75 Å². The molecule has 7 heteroatoms. The summed E-state index contributed by atoms with van der Waals surface area (Å²) in [5, 5.41) is 15.0. The zero-order valence-corrected chi connectivity index (χ0v) is 7.21. The first kappa shape index (κ1) is 11.7. The summed E-state index contributed by atoms with van der Waals surface area (Å²) >= 11 is 0. The summed E-state index contributed by atoms with van der Waals surface area (Å²) in [4.78, 5) is 13.9. The van der Waals surface area contributed by atoms with E-state index in [2.05, 4.69) is 16.3 Å². The third-order valence-corrected chi connectivity index (χ3v) is 0.923. The van der Waals surface area contributed by atoms with Gasteiger partial charge in [0.15, 0.2) is 5.96 Å². The summed E-state index contributed by atoms with van der Waals surface area (Å²) in [7, 11) is 0. The van der Waals surface area contributed by atoms with E-state index in [1.165, 1.54) is 12.1 Å². The van der Waals surface area contributed by atoms with E-state index in [1.807, 2.05) is 0 Å². The van der Waals surface area contributed by atoms with Crippen LogP contribution in [0.5, 0.6) is 5.75 Å². The van der Waals surface area contributed by atoms with E-state index in [0.717, 1.165) is 0 Å². The van der Waals surface area contributed by atoms with E-state index in [9.17, 15) is 10.1 Å². The van der Waals surface area contributed by atoms with E-state index in [1.54, 1.807) is 18.2 Å². The van der Waals surface area contributed by atoms with Gasteiger partial charge in [0.2, 0.25) is 0 Å². The number of benzene rings is 1. The molecule has 0 radical (unpaired) electrons. The molecule has 14 heavy (non-hydrogen) atoms. The predicted octanol–water partition coefficient (Wildman–Crippen LogP) is 0.0957. The van der Waals surface area contributed by atoms with Crippen LogP contribution in [0.25, 0.3) is 0 Å². The van der Waals surface area contributed by atoms with Crippen LogP contribution >= 0.6 is 0 Å². The van der Waals surface area contributed by atoms with E-state index in [4.69, 9.17) is 5.41 Å². The fraction of sp³-hybridized carbons (Fsp3) is 0. The molecule has 1 rings (SSSR count). The van der Waals surface area contributed by atoms with Crippen molar-refractivity contribution in [1.82, 2.24) is 0 Å². The molecule has 7 nitrogen and oxygen atoms in total. The second-order valence-electron chi connectivity index (χ2n) is 2.08. The van der Waals surface area contributed by atoms with E-state index in [-0.39, 0.29) is 11.7 Å². The molecule has 0 saturated heterocycles. The summed E-state index contributed by atoms with van der Waals surface area (Å²) < 4.78 is 0. The molecule has 0 aromatic heterocycles. The molecule has 0 amide bonds. The third kappa shape index (κ3) is 7.79. The largest absolute Gasteiger partial charge is 0.370 e. The average molecular weight is 198 g/mol. The summed E-state index contributed by atoms with van der Waals surface area (Å²) in [6.07, 6.45) is 0. The van der Waals surface area contributed by atoms with Gasteiger partial charge in [0.1, 0.15) is 5.75 Å². The van der Waals surface area contributed by atoms with Crippen molar-refractivity contribution in [1.29, 1.82) is 5.41 Å². The van der Waals surface area contributed by atoms with Crippen molar-refractivity contribution in [3.63, 3.8) is 0 Å². The number of nitrogens with two attached hydrogens (primary N) is 2. The van der Waals surface area contributed by atoms with Crippen molar-refractivity contribution in [2.45, 2.75) is 0 Å². The van der Waals surface area contributed by atoms with Crippen molar-refractivity contribution in [3.05, 3.63) is 40.4 Å². The molecule has 0 fully saturated rings. The van der Waals surface area contributed by atoms with Crippen LogP contribution in [0.2, 0.25) is 0 Å². The highest BCUT2D eigenvalue weighted by Crippen LogP contribution is 2.07. The van der Waals surface area contributed by atoms with Gasteiger partial charge in [-0.15, -0.1) is 10.1 Å². The Bertz CT molecular complexity index is 297. The first-order valence-corrected chi connectivity index (χ1v) is 3.49. The van der Waals surface area contributed by atoms with Gasteiger partial charge in [0.05, 0.1) is 0 Å². The molecule has 0 unspecified atom stereocenters. The number of rotatable bonds is 2. The second kappa shape index (κ2) is 6.23. The van der Waals surface area contributed by atoms with E-state index < -0.39 is 5.09 Å². The molecule has 0 spiro atoms. The Morgan fingerprint density at radius 1 is 1.36 bits per heavy atom.